The minimum Gasteiger partial charge on any atom is -0.477 e. The normalized spacial score (nSPS) is 16.3. The molecule has 2 fully saturated rings. The molecule has 4 aromatic rings. The number of nitrogens with zero attached hydrogens (tertiary/aromatic N) is 2. The number of amides is 2. The molecule has 2 aliphatic rings. The number of halogens is 2. The molecular weight excluding hydrogens is 612 g/mol. The van der Waals surface area contributed by atoms with Crippen molar-refractivity contribution in [2.45, 2.75) is 57.7 Å². The van der Waals surface area contributed by atoms with E-state index in [0.29, 0.717) is 11.2 Å². The van der Waals surface area contributed by atoms with E-state index >= 15 is 8.78 Å². The lowest BCUT2D eigenvalue weighted by Gasteiger charge is -2.24. The third-order valence-corrected chi connectivity index (χ3v) is 8.10. The predicted octanol–water partition coefficient (Wildman–Crippen LogP) is 6.42. The van der Waals surface area contributed by atoms with E-state index in [9.17, 15) is 24.3 Å². The first-order valence-electron chi connectivity index (χ1n) is 15.2. The fourth-order valence-electron chi connectivity index (χ4n) is 5.93. The molecule has 0 radical (unpaired) electrons. The summed E-state index contributed by atoms with van der Waals surface area (Å²) in [6.45, 7) is 5.06. The summed E-state index contributed by atoms with van der Waals surface area (Å²) in [6.07, 6.45) is 0.223. The molecule has 10 nitrogen and oxygen atoms in total. The number of nitrogens with one attached hydrogen (secondary N) is 1. The zero-order valence-corrected chi connectivity index (χ0v) is 26.0. The zero-order chi connectivity index (χ0) is 33.6. The lowest BCUT2D eigenvalue weighted by atomic mass is 9.97. The van der Waals surface area contributed by atoms with Crippen LogP contribution in [0.15, 0.2) is 65.5 Å². The zero-order valence-electron chi connectivity index (χ0n) is 26.0. The van der Waals surface area contributed by atoms with E-state index in [1.807, 2.05) is 30.3 Å². The summed E-state index contributed by atoms with van der Waals surface area (Å²) >= 11 is 0. The fraction of sp³-hybridized carbons (Fsp3) is 0.314. The maximum atomic E-state index is 15.8. The van der Waals surface area contributed by atoms with Crippen LogP contribution in [0.2, 0.25) is 0 Å². The second-order valence-electron chi connectivity index (χ2n) is 12.7. The van der Waals surface area contributed by atoms with Crippen LogP contribution in [0.5, 0.6) is 0 Å². The van der Waals surface area contributed by atoms with Gasteiger partial charge in [0.15, 0.2) is 0 Å². The maximum absolute atomic E-state index is 15.8. The molecule has 12 heteroatoms. The summed E-state index contributed by atoms with van der Waals surface area (Å²) in [6, 6.07) is 14.6. The van der Waals surface area contributed by atoms with Gasteiger partial charge in [0.1, 0.15) is 29.4 Å². The van der Waals surface area contributed by atoms with Gasteiger partial charge in [-0.15, -0.1) is 0 Å². The molecule has 47 heavy (non-hydrogen) atoms. The number of rotatable bonds is 8. The highest BCUT2D eigenvalue weighted by atomic mass is 19.1. The molecule has 1 saturated heterocycles. The molecule has 6 rings (SSSR count). The minimum atomic E-state index is -1.40. The number of pyridine rings is 1. The Bertz CT molecular complexity index is 1970. The Kier molecular flexibility index (Phi) is 8.20. The van der Waals surface area contributed by atoms with Crippen molar-refractivity contribution >= 4 is 34.7 Å². The molecule has 3 aromatic carbocycles. The number of carboxylic acids is 1. The lowest BCUT2D eigenvalue weighted by molar-refractivity contribution is 0.0523. The topological polar surface area (TPSA) is 127 Å². The van der Waals surface area contributed by atoms with E-state index in [-0.39, 0.29) is 47.8 Å². The number of fused-ring (bicyclic) bond motifs is 1. The molecule has 1 saturated carbocycles. The van der Waals surface area contributed by atoms with E-state index in [4.69, 9.17) is 9.47 Å². The van der Waals surface area contributed by atoms with Crippen LogP contribution in [0.4, 0.5) is 24.1 Å². The Balaban J connectivity index is 1.39. The molecule has 1 aromatic heterocycles. The Labute approximate surface area is 268 Å². The molecule has 1 aliphatic heterocycles. The summed E-state index contributed by atoms with van der Waals surface area (Å²) in [5.41, 5.74) is -0.649. The van der Waals surface area contributed by atoms with Crippen molar-refractivity contribution in [3.63, 3.8) is 0 Å². The monoisotopic (exact) mass is 645 g/mol. The van der Waals surface area contributed by atoms with Gasteiger partial charge in [0.25, 0.3) is 0 Å². The van der Waals surface area contributed by atoms with Crippen molar-refractivity contribution in [3.05, 3.63) is 99.3 Å². The molecule has 1 unspecified atom stereocenters. The Morgan fingerprint density at radius 2 is 1.70 bits per heavy atom. The van der Waals surface area contributed by atoms with Crippen molar-refractivity contribution < 1.29 is 37.7 Å². The van der Waals surface area contributed by atoms with Gasteiger partial charge in [-0.25, -0.2) is 23.2 Å². The van der Waals surface area contributed by atoms with Crippen LogP contribution in [0.1, 0.15) is 61.3 Å². The Morgan fingerprint density at radius 1 is 1.00 bits per heavy atom. The second kappa shape index (κ2) is 12.2. The molecule has 2 heterocycles. The quantitative estimate of drug-likeness (QED) is 0.226. The molecule has 1 atom stereocenters. The average molecular weight is 646 g/mol. The van der Waals surface area contributed by atoms with Gasteiger partial charge in [0, 0.05) is 41.2 Å². The Morgan fingerprint density at radius 3 is 2.34 bits per heavy atom. The van der Waals surface area contributed by atoms with Gasteiger partial charge in [-0.1, -0.05) is 30.3 Å². The predicted molar refractivity (Wildman–Crippen MR) is 170 cm³/mol. The summed E-state index contributed by atoms with van der Waals surface area (Å²) in [7, 11) is 0. The number of carbonyl (C=O) groups is 3. The number of benzene rings is 3. The number of hydrogen-bond acceptors (Lipinski definition) is 6. The summed E-state index contributed by atoms with van der Waals surface area (Å²) in [5.74, 6) is -3.15. The maximum Gasteiger partial charge on any atom is 0.414 e. The highest BCUT2D eigenvalue weighted by Crippen LogP contribution is 2.41. The highest BCUT2D eigenvalue weighted by Gasteiger charge is 2.36. The van der Waals surface area contributed by atoms with Crippen molar-refractivity contribution in [2.24, 2.45) is 0 Å². The summed E-state index contributed by atoms with van der Waals surface area (Å²) in [5, 5.41) is 12.6. The van der Waals surface area contributed by atoms with Gasteiger partial charge in [0.2, 0.25) is 5.43 Å². The van der Waals surface area contributed by atoms with Crippen molar-refractivity contribution in [2.75, 3.05) is 18.1 Å². The number of aromatic carboxylic acids is 1. The van der Waals surface area contributed by atoms with Crippen molar-refractivity contribution in [3.8, 4) is 11.1 Å². The SMILES string of the molecule is CC(C)(C)OC(=O)NCC1COC(=O)N1c1ccc(-c2cc3c(cc2F)c(=O)c(C(=O)O)c(Cc2ccccc2)n3C2CC2)c(F)c1. The lowest BCUT2D eigenvalue weighted by Crippen LogP contribution is -2.44. The van der Waals surface area contributed by atoms with E-state index in [2.05, 4.69) is 5.32 Å². The first-order valence-corrected chi connectivity index (χ1v) is 15.2. The Hall–Kier alpha value is -5.26. The van der Waals surface area contributed by atoms with Gasteiger partial charge < -0.3 is 24.5 Å². The largest absolute Gasteiger partial charge is 0.477 e. The highest BCUT2D eigenvalue weighted by molar-refractivity contribution is 5.96. The summed E-state index contributed by atoms with van der Waals surface area (Å²) in [4.78, 5) is 51.9. The van der Waals surface area contributed by atoms with Crippen LogP contribution < -0.4 is 15.6 Å². The van der Waals surface area contributed by atoms with E-state index in [0.717, 1.165) is 30.5 Å². The second-order valence-corrected chi connectivity index (χ2v) is 12.7. The van der Waals surface area contributed by atoms with Crippen molar-refractivity contribution in [1.29, 1.82) is 0 Å². The number of cyclic esters (lactones) is 1. The standard InChI is InChI=1S/C35H33F2N3O7/c1-35(2,3)47-33(44)38-17-22-18-46-34(45)39(22)21-11-12-23(26(36)14-21)24-16-28-25(15-27(24)37)31(41)30(32(42)43)29(40(28)20-9-10-20)13-19-7-5-4-6-8-19/h4-8,11-12,14-16,20,22H,9-10,13,17-18H2,1-3H3,(H,38,44)(H,42,43). The average Bonchev–Trinajstić information content (AvgIpc) is 3.77. The fourth-order valence-corrected chi connectivity index (χ4v) is 5.93. The van der Waals surface area contributed by atoms with Crippen LogP contribution >= 0.6 is 0 Å². The molecule has 2 amide bonds. The van der Waals surface area contributed by atoms with Gasteiger partial charge in [0.05, 0.1) is 17.2 Å². The molecule has 2 N–H and O–H groups in total. The molecule has 1 aliphatic carbocycles. The number of anilines is 1. The number of ether oxygens (including phenoxy) is 2. The minimum absolute atomic E-state index is 0.0222. The molecule has 244 valence electrons. The number of hydrogen-bond donors (Lipinski definition) is 2. The van der Waals surface area contributed by atoms with Crippen LogP contribution in [0.25, 0.3) is 22.0 Å². The number of carboxylic acid groups (broad SMARTS) is 1. The van der Waals surface area contributed by atoms with E-state index < -0.39 is 52.4 Å². The van der Waals surface area contributed by atoms with Crippen molar-refractivity contribution in [1.82, 2.24) is 9.88 Å². The van der Waals surface area contributed by atoms with Gasteiger partial charge in [-0.3, -0.25) is 9.69 Å². The third-order valence-electron chi connectivity index (χ3n) is 8.10. The number of aromatic nitrogens is 1. The smallest absolute Gasteiger partial charge is 0.414 e. The van der Waals surface area contributed by atoms with E-state index in [1.165, 1.54) is 23.1 Å². The van der Waals surface area contributed by atoms with Crippen LogP contribution in [0, 0.1) is 11.6 Å². The number of alkyl carbamates (subject to hydrolysis) is 1. The van der Waals surface area contributed by atoms with Gasteiger partial charge in [-0.05, 0) is 69.5 Å². The van der Waals surface area contributed by atoms with Gasteiger partial charge in [-0.2, -0.15) is 0 Å². The first-order chi connectivity index (χ1) is 22.3. The molecular formula is C35H33F2N3O7. The number of carbonyl (C=O) groups excluding carboxylic acids is 2. The third kappa shape index (κ3) is 6.40. The molecule has 0 spiro atoms. The van der Waals surface area contributed by atoms with Gasteiger partial charge >= 0.3 is 18.2 Å². The van der Waals surface area contributed by atoms with Crippen LogP contribution in [0.3, 0.4) is 0 Å². The van der Waals surface area contributed by atoms with E-state index in [1.54, 1.807) is 25.3 Å². The van der Waals surface area contributed by atoms with Crippen LogP contribution in [-0.4, -0.2) is 52.6 Å². The molecule has 0 bridgehead atoms. The summed E-state index contributed by atoms with van der Waals surface area (Å²) < 4.78 is 43.7. The first kappa shape index (κ1) is 31.7. The van der Waals surface area contributed by atoms with Crippen LogP contribution in [-0.2, 0) is 15.9 Å².